The van der Waals surface area contributed by atoms with Gasteiger partial charge in [-0.3, -0.25) is 4.79 Å². The van der Waals surface area contributed by atoms with Crippen LogP contribution in [0.25, 0.3) is 0 Å². The average molecular weight is 333 g/mol. The highest BCUT2D eigenvalue weighted by molar-refractivity contribution is 6.30. The highest BCUT2D eigenvalue weighted by Gasteiger charge is 2.13. The molecule has 0 aliphatic rings. The van der Waals surface area contributed by atoms with Crippen molar-refractivity contribution in [2.75, 3.05) is 7.11 Å². The highest BCUT2D eigenvalue weighted by Crippen LogP contribution is 2.18. The largest absolute Gasteiger partial charge is 0.497 e. The second-order valence-electron chi connectivity index (χ2n) is 4.73. The minimum absolute atomic E-state index is 0.357. The van der Waals surface area contributed by atoms with Gasteiger partial charge in [-0.1, -0.05) is 29.8 Å². The molecular weight excluding hydrogens is 316 g/mol. The van der Waals surface area contributed by atoms with E-state index in [9.17, 15) is 4.79 Å². The fourth-order valence-electron chi connectivity index (χ4n) is 1.78. The number of benzene rings is 2. The van der Waals surface area contributed by atoms with Crippen molar-refractivity contribution in [2.24, 2.45) is 5.10 Å². The standard InChI is InChI=1S/C17H17ClN2O3/c1-12(23-16-8-4-6-14(18)10-16)17(21)20-19-11-13-5-3-7-15(9-13)22-2/h3-12H,1-2H3,(H,20,21)/b19-11+. The summed E-state index contributed by atoms with van der Waals surface area (Å²) in [5.74, 6) is 0.888. The molecular formula is C17H17ClN2O3. The number of hydrogen-bond donors (Lipinski definition) is 1. The molecule has 1 unspecified atom stereocenters. The van der Waals surface area contributed by atoms with Gasteiger partial charge >= 0.3 is 0 Å². The number of carbonyl (C=O) groups excluding carboxylic acids is 1. The van der Waals surface area contributed by atoms with Gasteiger partial charge in [0.25, 0.3) is 5.91 Å². The van der Waals surface area contributed by atoms with E-state index >= 15 is 0 Å². The molecule has 0 bridgehead atoms. The van der Waals surface area contributed by atoms with Crippen molar-refractivity contribution >= 4 is 23.7 Å². The topological polar surface area (TPSA) is 59.9 Å². The van der Waals surface area contributed by atoms with Gasteiger partial charge in [0.15, 0.2) is 6.10 Å². The van der Waals surface area contributed by atoms with E-state index in [2.05, 4.69) is 10.5 Å². The van der Waals surface area contributed by atoms with Crippen LogP contribution in [0.5, 0.6) is 11.5 Å². The van der Waals surface area contributed by atoms with Crippen LogP contribution in [0.2, 0.25) is 5.02 Å². The van der Waals surface area contributed by atoms with Crippen LogP contribution in [0.3, 0.4) is 0 Å². The predicted octanol–water partition coefficient (Wildman–Crippen LogP) is 3.27. The lowest BCUT2D eigenvalue weighted by molar-refractivity contribution is -0.127. The molecule has 2 rings (SSSR count). The van der Waals surface area contributed by atoms with Crippen LogP contribution in [-0.4, -0.2) is 25.3 Å². The maximum absolute atomic E-state index is 11.9. The van der Waals surface area contributed by atoms with E-state index in [1.54, 1.807) is 38.3 Å². The zero-order valence-corrected chi connectivity index (χ0v) is 13.6. The molecule has 0 aliphatic heterocycles. The van der Waals surface area contributed by atoms with Crippen LogP contribution in [-0.2, 0) is 4.79 Å². The van der Waals surface area contributed by atoms with Crippen LogP contribution < -0.4 is 14.9 Å². The summed E-state index contributed by atoms with van der Waals surface area (Å²) in [6.45, 7) is 1.64. The fraction of sp³-hybridized carbons (Fsp3) is 0.176. The maximum Gasteiger partial charge on any atom is 0.280 e. The van der Waals surface area contributed by atoms with Crippen molar-refractivity contribution in [1.29, 1.82) is 0 Å². The van der Waals surface area contributed by atoms with Gasteiger partial charge in [0.2, 0.25) is 0 Å². The molecule has 2 aromatic rings. The van der Waals surface area contributed by atoms with Crippen LogP contribution in [0.1, 0.15) is 12.5 Å². The van der Waals surface area contributed by atoms with Gasteiger partial charge in [-0.25, -0.2) is 5.43 Å². The van der Waals surface area contributed by atoms with Crippen LogP contribution in [0, 0.1) is 0 Å². The van der Waals surface area contributed by atoms with E-state index in [-0.39, 0.29) is 5.91 Å². The second kappa shape index (κ2) is 8.19. The number of nitrogens with one attached hydrogen (secondary N) is 1. The third-order valence-corrected chi connectivity index (χ3v) is 3.20. The Morgan fingerprint density at radius 1 is 1.22 bits per heavy atom. The molecule has 0 fully saturated rings. The van der Waals surface area contributed by atoms with E-state index in [1.807, 2.05) is 24.3 Å². The Kier molecular flexibility index (Phi) is 6.00. The van der Waals surface area contributed by atoms with Crippen molar-refractivity contribution in [3.8, 4) is 11.5 Å². The third-order valence-electron chi connectivity index (χ3n) is 2.96. The number of rotatable bonds is 6. The second-order valence-corrected chi connectivity index (χ2v) is 5.16. The van der Waals surface area contributed by atoms with Crippen molar-refractivity contribution in [3.05, 3.63) is 59.1 Å². The summed E-state index contributed by atoms with van der Waals surface area (Å²) in [5.41, 5.74) is 3.25. The number of nitrogens with zero attached hydrogens (tertiary/aromatic N) is 1. The van der Waals surface area contributed by atoms with Crippen LogP contribution >= 0.6 is 11.6 Å². The normalized spacial score (nSPS) is 12.0. The molecule has 6 heteroatoms. The predicted molar refractivity (Wildman–Crippen MR) is 90.3 cm³/mol. The minimum atomic E-state index is -0.698. The molecule has 0 aliphatic carbocycles. The molecule has 0 saturated carbocycles. The first-order valence-electron chi connectivity index (χ1n) is 6.97. The Hall–Kier alpha value is -2.53. The van der Waals surface area contributed by atoms with Crippen molar-refractivity contribution in [3.63, 3.8) is 0 Å². The molecule has 0 saturated heterocycles. The first-order chi connectivity index (χ1) is 11.1. The Bertz CT molecular complexity index is 704. The molecule has 0 aromatic heterocycles. The molecule has 1 atom stereocenters. The monoisotopic (exact) mass is 332 g/mol. The Morgan fingerprint density at radius 3 is 2.70 bits per heavy atom. The average Bonchev–Trinajstić information content (AvgIpc) is 2.55. The summed E-state index contributed by atoms with van der Waals surface area (Å²) in [6.07, 6.45) is 0.836. The van der Waals surface area contributed by atoms with Gasteiger partial charge in [-0.2, -0.15) is 5.10 Å². The van der Waals surface area contributed by atoms with Crippen molar-refractivity contribution in [2.45, 2.75) is 13.0 Å². The minimum Gasteiger partial charge on any atom is -0.497 e. The van der Waals surface area contributed by atoms with Crippen molar-refractivity contribution < 1.29 is 14.3 Å². The number of halogens is 1. The van der Waals surface area contributed by atoms with Gasteiger partial charge in [0.05, 0.1) is 13.3 Å². The first-order valence-corrected chi connectivity index (χ1v) is 7.35. The van der Waals surface area contributed by atoms with E-state index in [1.165, 1.54) is 6.21 Å². The van der Waals surface area contributed by atoms with Gasteiger partial charge in [0, 0.05) is 5.02 Å². The molecule has 1 amide bonds. The summed E-state index contributed by atoms with van der Waals surface area (Å²) >= 11 is 5.87. The van der Waals surface area contributed by atoms with Crippen LogP contribution in [0.15, 0.2) is 53.6 Å². The van der Waals surface area contributed by atoms with E-state index in [4.69, 9.17) is 21.1 Å². The Morgan fingerprint density at radius 2 is 1.96 bits per heavy atom. The summed E-state index contributed by atoms with van der Waals surface area (Å²) in [6, 6.07) is 14.2. The number of methoxy groups -OCH3 is 1. The van der Waals surface area contributed by atoms with Gasteiger partial charge in [0.1, 0.15) is 11.5 Å². The number of hydrazone groups is 1. The van der Waals surface area contributed by atoms with Gasteiger partial charge in [-0.15, -0.1) is 0 Å². The maximum atomic E-state index is 11.9. The fourth-order valence-corrected chi connectivity index (χ4v) is 1.96. The molecule has 2 aromatic carbocycles. The lowest BCUT2D eigenvalue weighted by Crippen LogP contribution is -2.33. The lowest BCUT2D eigenvalue weighted by Gasteiger charge is -2.12. The lowest BCUT2D eigenvalue weighted by atomic mass is 10.2. The SMILES string of the molecule is COc1cccc(/C=N/NC(=O)C(C)Oc2cccc(Cl)c2)c1. The third kappa shape index (κ3) is 5.30. The number of hydrogen-bond acceptors (Lipinski definition) is 4. The van der Waals surface area contributed by atoms with E-state index in [0.29, 0.717) is 10.8 Å². The first kappa shape index (κ1) is 16.8. The van der Waals surface area contributed by atoms with Gasteiger partial charge < -0.3 is 9.47 Å². The summed E-state index contributed by atoms with van der Waals surface area (Å²) in [7, 11) is 1.59. The summed E-state index contributed by atoms with van der Waals surface area (Å²) in [4.78, 5) is 11.9. The van der Waals surface area contributed by atoms with E-state index in [0.717, 1.165) is 11.3 Å². The molecule has 1 N–H and O–H groups in total. The number of carbonyl (C=O) groups is 1. The van der Waals surface area contributed by atoms with E-state index < -0.39 is 6.10 Å². The molecule has 0 radical (unpaired) electrons. The van der Waals surface area contributed by atoms with Crippen LogP contribution in [0.4, 0.5) is 0 Å². The summed E-state index contributed by atoms with van der Waals surface area (Å²) in [5, 5.41) is 4.46. The molecule has 23 heavy (non-hydrogen) atoms. The highest BCUT2D eigenvalue weighted by atomic mass is 35.5. The zero-order chi connectivity index (χ0) is 16.7. The van der Waals surface area contributed by atoms with Crippen molar-refractivity contribution in [1.82, 2.24) is 5.43 Å². The smallest absolute Gasteiger partial charge is 0.280 e. The zero-order valence-electron chi connectivity index (χ0n) is 12.8. The Labute approximate surface area is 139 Å². The van der Waals surface area contributed by atoms with Gasteiger partial charge in [-0.05, 0) is 42.8 Å². The quantitative estimate of drug-likeness (QED) is 0.652. The number of ether oxygens (including phenoxy) is 2. The molecule has 120 valence electrons. The molecule has 0 heterocycles. The molecule has 5 nitrogen and oxygen atoms in total. The Balaban J connectivity index is 1.89. The number of amides is 1. The molecule has 0 spiro atoms. The summed E-state index contributed by atoms with van der Waals surface area (Å²) < 4.78 is 10.6.